The molecule has 5 heteroatoms. The van der Waals surface area contributed by atoms with E-state index in [9.17, 15) is 8.42 Å². The third kappa shape index (κ3) is 3.51. The molecule has 0 aliphatic rings. The number of nitrogens with zero attached hydrogens (tertiary/aromatic N) is 1. The molecule has 17 heavy (non-hydrogen) atoms. The Kier molecular flexibility index (Phi) is 4.65. The molecular formula is C12H20N2O2S. The van der Waals surface area contributed by atoms with E-state index in [0.29, 0.717) is 0 Å². The van der Waals surface area contributed by atoms with E-state index in [4.69, 9.17) is 0 Å². The Balaban J connectivity index is 2.96. The zero-order chi connectivity index (χ0) is 13.1. The van der Waals surface area contributed by atoms with Gasteiger partial charge in [-0.1, -0.05) is 6.92 Å². The minimum Gasteiger partial charge on any atom is -0.315 e. The second-order valence-corrected chi connectivity index (χ2v) is 6.82. The molecule has 0 aliphatic heterocycles. The molecule has 0 radical (unpaired) electrons. The standard InChI is InChI=1S/C12H20N2O2S/c1-9(11-5-7-14-8-6-11)12(13-3)10(2)17(4,15)16/h5-10,12-13H,1-4H3. The zero-order valence-corrected chi connectivity index (χ0v) is 11.5. The average Bonchev–Trinajstić information content (AvgIpc) is 2.29. The van der Waals surface area contributed by atoms with Crippen molar-refractivity contribution in [2.75, 3.05) is 13.3 Å². The van der Waals surface area contributed by atoms with Crippen molar-refractivity contribution in [2.45, 2.75) is 31.1 Å². The van der Waals surface area contributed by atoms with Crippen LogP contribution in [-0.4, -0.2) is 38.0 Å². The maximum atomic E-state index is 11.6. The van der Waals surface area contributed by atoms with Crippen molar-refractivity contribution in [3.8, 4) is 0 Å². The fourth-order valence-electron chi connectivity index (χ4n) is 2.03. The van der Waals surface area contributed by atoms with Crippen molar-refractivity contribution >= 4 is 9.84 Å². The fourth-order valence-corrected chi connectivity index (χ4v) is 2.94. The Bertz CT molecular complexity index is 445. The van der Waals surface area contributed by atoms with Crippen LogP contribution in [0.1, 0.15) is 25.3 Å². The van der Waals surface area contributed by atoms with Gasteiger partial charge in [0.2, 0.25) is 0 Å². The minimum atomic E-state index is -3.05. The molecule has 1 aromatic rings. The van der Waals surface area contributed by atoms with E-state index >= 15 is 0 Å². The topological polar surface area (TPSA) is 59.1 Å². The average molecular weight is 256 g/mol. The van der Waals surface area contributed by atoms with E-state index < -0.39 is 15.1 Å². The van der Waals surface area contributed by atoms with Crippen LogP contribution in [0.4, 0.5) is 0 Å². The molecule has 0 amide bonds. The first-order valence-corrected chi connectivity index (χ1v) is 7.59. The van der Waals surface area contributed by atoms with E-state index in [2.05, 4.69) is 10.3 Å². The maximum Gasteiger partial charge on any atom is 0.151 e. The van der Waals surface area contributed by atoms with Gasteiger partial charge in [-0.3, -0.25) is 4.98 Å². The van der Waals surface area contributed by atoms with E-state index in [1.165, 1.54) is 6.26 Å². The van der Waals surface area contributed by atoms with Gasteiger partial charge < -0.3 is 5.32 Å². The largest absolute Gasteiger partial charge is 0.315 e. The van der Waals surface area contributed by atoms with E-state index in [1.807, 2.05) is 19.1 Å². The number of rotatable bonds is 5. The lowest BCUT2D eigenvalue weighted by Gasteiger charge is -2.28. The third-order valence-electron chi connectivity index (χ3n) is 3.28. The molecule has 0 fully saturated rings. The van der Waals surface area contributed by atoms with Gasteiger partial charge in [-0.2, -0.15) is 0 Å². The number of sulfone groups is 1. The Morgan fingerprint density at radius 1 is 1.24 bits per heavy atom. The quantitative estimate of drug-likeness (QED) is 0.860. The van der Waals surface area contributed by atoms with Gasteiger partial charge in [-0.25, -0.2) is 8.42 Å². The first-order valence-electron chi connectivity index (χ1n) is 5.64. The maximum absolute atomic E-state index is 11.6. The SMILES string of the molecule is CNC(C(C)c1ccncc1)C(C)S(C)(=O)=O. The number of aromatic nitrogens is 1. The second kappa shape index (κ2) is 5.60. The summed E-state index contributed by atoms with van der Waals surface area (Å²) in [5.74, 6) is 0.118. The first kappa shape index (κ1) is 14.1. The molecule has 0 bridgehead atoms. The molecule has 0 aromatic carbocycles. The highest BCUT2D eigenvalue weighted by Crippen LogP contribution is 2.23. The monoisotopic (exact) mass is 256 g/mol. The van der Waals surface area contributed by atoms with Gasteiger partial charge in [0.1, 0.15) is 0 Å². The van der Waals surface area contributed by atoms with Crippen LogP contribution >= 0.6 is 0 Å². The summed E-state index contributed by atoms with van der Waals surface area (Å²) >= 11 is 0. The molecule has 1 heterocycles. The first-order chi connectivity index (χ1) is 7.88. The van der Waals surface area contributed by atoms with Gasteiger partial charge >= 0.3 is 0 Å². The van der Waals surface area contributed by atoms with Gasteiger partial charge in [-0.05, 0) is 37.6 Å². The molecule has 0 saturated heterocycles. The summed E-state index contributed by atoms with van der Waals surface area (Å²) < 4.78 is 23.2. The summed E-state index contributed by atoms with van der Waals surface area (Å²) in [6.07, 6.45) is 4.73. The predicted octanol–water partition coefficient (Wildman–Crippen LogP) is 1.21. The molecule has 3 unspecified atom stereocenters. The molecule has 0 spiro atoms. The predicted molar refractivity (Wildman–Crippen MR) is 69.8 cm³/mol. The van der Waals surface area contributed by atoms with Gasteiger partial charge in [0.15, 0.2) is 9.84 Å². The number of likely N-dealkylation sites (N-methyl/N-ethyl adjacent to an activating group) is 1. The summed E-state index contributed by atoms with van der Waals surface area (Å²) in [5, 5.41) is 2.69. The van der Waals surface area contributed by atoms with Crippen molar-refractivity contribution in [3.63, 3.8) is 0 Å². The van der Waals surface area contributed by atoms with Gasteiger partial charge in [0.05, 0.1) is 5.25 Å². The van der Waals surface area contributed by atoms with Crippen molar-refractivity contribution in [3.05, 3.63) is 30.1 Å². The summed E-state index contributed by atoms with van der Waals surface area (Å²) in [6.45, 7) is 3.77. The lowest BCUT2D eigenvalue weighted by molar-refractivity contribution is 0.462. The molecular weight excluding hydrogens is 236 g/mol. The lowest BCUT2D eigenvalue weighted by Crippen LogP contribution is -2.43. The molecule has 96 valence electrons. The van der Waals surface area contributed by atoms with E-state index in [-0.39, 0.29) is 12.0 Å². The Labute approximate surface area is 103 Å². The molecule has 0 saturated carbocycles. The second-order valence-electron chi connectivity index (χ2n) is 4.42. The van der Waals surface area contributed by atoms with Gasteiger partial charge in [0, 0.05) is 24.7 Å². The highest BCUT2D eigenvalue weighted by atomic mass is 32.2. The molecule has 1 aromatic heterocycles. The molecule has 3 atom stereocenters. The summed E-state index contributed by atoms with van der Waals surface area (Å²) in [6, 6.07) is 3.74. The minimum absolute atomic E-state index is 0.104. The summed E-state index contributed by atoms with van der Waals surface area (Å²) in [7, 11) is -1.25. The van der Waals surface area contributed by atoms with E-state index in [1.54, 1.807) is 26.4 Å². The van der Waals surface area contributed by atoms with Crippen molar-refractivity contribution in [2.24, 2.45) is 0 Å². The van der Waals surface area contributed by atoms with Crippen LogP contribution in [0.15, 0.2) is 24.5 Å². The lowest BCUT2D eigenvalue weighted by atomic mass is 9.92. The number of hydrogen-bond donors (Lipinski definition) is 1. The Hall–Kier alpha value is -0.940. The van der Waals surface area contributed by atoms with Crippen molar-refractivity contribution in [1.29, 1.82) is 0 Å². The highest BCUT2D eigenvalue weighted by molar-refractivity contribution is 7.91. The molecule has 1 rings (SSSR count). The van der Waals surface area contributed by atoms with Crippen LogP contribution in [0.3, 0.4) is 0 Å². The van der Waals surface area contributed by atoms with Crippen LogP contribution in [0.5, 0.6) is 0 Å². The van der Waals surface area contributed by atoms with Crippen molar-refractivity contribution < 1.29 is 8.42 Å². The number of hydrogen-bond acceptors (Lipinski definition) is 4. The fraction of sp³-hybridized carbons (Fsp3) is 0.583. The summed E-state index contributed by atoms with van der Waals surface area (Å²) in [5.41, 5.74) is 1.09. The summed E-state index contributed by atoms with van der Waals surface area (Å²) in [4.78, 5) is 3.97. The van der Waals surface area contributed by atoms with Crippen molar-refractivity contribution in [1.82, 2.24) is 10.3 Å². The smallest absolute Gasteiger partial charge is 0.151 e. The van der Waals surface area contributed by atoms with Crippen LogP contribution in [0.2, 0.25) is 0 Å². The van der Waals surface area contributed by atoms with Crippen LogP contribution in [-0.2, 0) is 9.84 Å². The van der Waals surface area contributed by atoms with Crippen LogP contribution in [0, 0.1) is 0 Å². The third-order valence-corrected chi connectivity index (χ3v) is 4.93. The van der Waals surface area contributed by atoms with E-state index in [0.717, 1.165) is 5.56 Å². The molecule has 0 aliphatic carbocycles. The Morgan fingerprint density at radius 3 is 2.18 bits per heavy atom. The zero-order valence-electron chi connectivity index (χ0n) is 10.7. The van der Waals surface area contributed by atoms with Gasteiger partial charge in [0.25, 0.3) is 0 Å². The molecule has 1 N–H and O–H groups in total. The molecule has 4 nitrogen and oxygen atoms in total. The number of pyridine rings is 1. The van der Waals surface area contributed by atoms with Crippen LogP contribution < -0.4 is 5.32 Å². The highest BCUT2D eigenvalue weighted by Gasteiger charge is 2.29. The van der Waals surface area contributed by atoms with Crippen LogP contribution in [0.25, 0.3) is 0 Å². The normalized spacial score (nSPS) is 17.4. The van der Waals surface area contributed by atoms with Gasteiger partial charge in [-0.15, -0.1) is 0 Å². The Morgan fingerprint density at radius 2 is 1.76 bits per heavy atom. The number of nitrogens with one attached hydrogen (secondary N) is 1.